The summed E-state index contributed by atoms with van der Waals surface area (Å²) in [6.07, 6.45) is 3.94. The Kier molecular flexibility index (Phi) is 10.9. The molecule has 3 rings (SSSR count). The van der Waals surface area contributed by atoms with Crippen molar-refractivity contribution in [1.29, 1.82) is 0 Å². The minimum atomic E-state index is 0. The fourth-order valence-electron chi connectivity index (χ4n) is 3.43. The van der Waals surface area contributed by atoms with E-state index < -0.39 is 0 Å². The van der Waals surface area contributed by atoms with Crippen LogP contribution in [0, 0.1) is 5.92 Å². The van der Waals surface area contributed by atoms with Gasteiger partial charge in [0.05, 0.1) is 13.2 Å². The van der Waals surface area contributed by atoms with E-state index in [0.717, 1.165) is 90.3 Å². The molecule has 158 valence electrons. The molecule has 2 aliphatic heterocycles. The number of ether oxygens (including phenoxy) is 2. The van der Waals surface area contributed by atoms with E-state index in [4.69, 9.17) is 14.5 Å². The van der Waals surface area contributed by atoms with Crippen LogP contribution in [0.5, 0.6) is 0 Å². The number of piperazine rings is 1. The molecular weight excluding hydrogens is 469 g/mol. The fraction of sp³-hybridized carbons (Fsp3) is 0.700. The Hall–Kier alpha value is -1.13. The van der Waals surface area contributed by atoms with Gasteiger partial charge in [0.2, 0.25) is 0 Å². The van der Waals surface area contributed by atoms with Gasteiger partial charge in [0.1, 0.15) is 5.82 Å². The van der Waals surface area contributed by atoms with Crippen LogP contribution in [0.1, 0.15) is 19.8 Å². The maximum atomic E-state index is 5.77. The first-order valence-electron chi connectivity index (χ1n) is 10.2. The number of hydrogen-bond donors (Lipinski definition) is 1. The monoisotopic (exact) mass is 503 g/mol. The Bertz CT molecular complexity index is 561. The van der Waals surface area contributed by atoms with E-state index in [1.165, 1.54) is 0 Å². The second-order valence-corrected chi connectivity index (χ2v) is 7.06. The van der Waals surface area contributed by atoms with E-state index in [1.54, 1.807) is 0 Å². The van der Waals surface area contributed by atoms with Crippen LogP contribution in [-0.2, 0) is 9.47 Å². The van der Waals surface area contributed by atoms with Crippen LogP contribution in [0.2, 0.25) is 0 Å². The summed E-state index contributed by atoms with van der Waals surface area (Å²) in [5, 5.41) is 3.43. The first-order chi connectivity index (χ1) is 13.4. The number of anilines is 1. The van der Waals surface area contributed by atoms with Crippen LogP contribution in [0.15, 0.2) is 29.4 Å². The van der Waals surface area contributed by atoms with Gasteiger partial charge in [-0.1, -0.05) is 6.07 Å². The Labute approximate surface area is 185 Å². The molecule has 0 radical (unpaired) electrons. The Morgan fingerprint density at radius 2 is 2.18 bits per heavy atom. The zero-order valence-corrected chi connectivity index (χ0v) is 19.2. The fourth-order valence-corrected chi connectivity index (χ4v) is 3.43. The lowest BCUT2D eigenvalue weighted by Crippen LogP contribution is -2.52. The second kappa shape index (κ2) is 13.2. The number of nitrogens with one attached hydrogen (secondary N) is 1. The predicted octanol–water partition coefficient (Wildman–Crippen LogP) is 2.23. The largest absolute Gasteiger partial charge is 0.381 e. The molecule has 1 atom stereocenters. The summed E-state index contributed by atoms with van der Waals surface area (Å²) in [5.41, 5.74) is 0. The molecule has 0 spiro atoms. The van der Waals surface area contributed by atoms with Gasteiger partial charge in [-0.25, -0.2) is 4.98 Å². The van der Waals surface area contributed by atoms with Gasteiger partial charge in [0, 0.05) is 64.6 Å². The summed E-state index contributed by atoms with van der Waals surface area (Å²) in [6.45, 7) is 11.0. The van der Waals surface area contributed by atoms with E-state index in [-0.39, 0.29) is 24.0 Å². The summed E-state index contributed by atoms with van der Waals surface area (Å²) < 4.78 is 11.1. The van der Waals surface area contributed by atoms with E-state index >= 15 is 0 Å². The van der Waals surface area contributed by atoms with Crippen molar-refractivity contribution in [2.24, 2.45) is 10.9 Å². The van der Waals surface area contributed by atoms with Gasteiger partial charge in [-0.15, -0.1) is 24.0 Å². The van der Waals surface area contributed by atoms with Crippen molar-refractivity contribution in [2.45, 2.75) is 19.8 Å². The first kappa shape index (κ1) is 23.2. The third-order valence-corrected chi connectivity index (χ3v) is 4.97. The normalized spacial score (nSPS) is 20.2. The predicted molar refractivity (Wildman–Crippen MR) is 124 cm³/mol. The Balaban J connectivity index is 0.00000280. The van der Waals surface area contributed by atoms with E-state index in [1.807, 2.05) is 18.3 Å². The van der Waals surface area contributed by atoms with Crippen LogP contribution in [-0.4, -0.2) is 81.5 Å². The zero-order chi connectivity index (χ0) is 18.7. The number of halogens is 1. The smallest absolute Gasteiger partial charge is 0.194 e. The summed E-state index contributed by atoms with van der Waals surface area (Å²) in [5.74, 6) is 2.66. The van der Waals surface area contributed by atoms with Crippen LogP contribution in [0.3, 0.4) is 0 Å². The van der Waals surface area contributed by atoms with Crippen molar-refractivity contribution in [2.75, 3.05) is 70.6 Å². The molecule has 1 unspecified atom stereocenters. The number of pyridine rings is 1. The average Bonchev–Trinajstić information content (AvgIpc) is 3.24. The van der Waals surface area contributed by atoms with E-state index in [2.05, 4.69) is 33.1 Å². The lowest BCUT2D eigenvalue weighted by Gasteiger charge is -2.37. The molecule has 1 N–H and O–H groups in total. The summed E-state index contributed by atoms with van der Waals surface area (Å²) >= 11 is 0. The van der Waals surface area contributed by atoms with Crippen molar-refractivity contribution in [1.82, 2.24) is 15.2 Å². The highest BCUT2D eigenvalue weighted by Crippen LogP contribution is 2.13. The minimum absolute atomic E-state index is 0. The van der Waals surface area contributed by atoms with Crippen molar-refractivity contribution < 1.29 is 9.47 Å². The summed E-state index contributed by atoms with van der Waals surface area (Å²) in [7, 11) is 0. The highest BCUT2D eigenvalue weighted by molar-refractivity contribution is 14.0. The molecule has 8 heteroatoms. The molecule has 1 aromatic rings. The zero-order valence-electron chi connectivity index (χ0n) is 16.9. The molecule has 2 aliphatic rings. The van der Waals surface area contributed by atoms with Gasteiger partial charge in [-0.3, -0.25) is 4.99 Å². The summed E-state index contributed by atoms with van der Waals surface area (Å²) in [6, 6.07) is 6.08. The molecule has 0 amide bonds. The lowest BCUT2D eigenvalue weighted by atomic mass is 10.1. The topological polar surface area (TPSA) is 62.2 Å². The Morgan fingerprint density at radius 3 is 2.86 bits per heavy atom. The third kappa shape index (κ3) is 7.36. The molecule has 2 saturated heterocycles. The number of hydrogen-bond acceptors (Lipinski definition) is 5. The Morgan fingerprint density at radius 1 is 1.32 bits per heavy atom. The molecule has 28 heavy (non-hydrogen) atoms. The molecule has 0 aliphatic carbocycles. The molecule has 2 fully saturated rings. The van der Waals surface area contributed by atoms with Gasteiger partial charge in [-0.2, -0.15) is 0 Å². The average molecular weight is 503 g/mol. The molecule has 7 nitrogen and oxygen atoms in total. The highest BCUT2D eigenvalue weighted by Gasteiger charge is 2.20. The molecule has 0 aromatic carbocycles. The minimum Gasteiger partial charge on any atom is -0.381 e. The van der Waals surface area contributed by atoms with Crippen LogP contribution in [0.4, 0.5) is 5.82 Å². The van der Waals surface area contributed by atoms with Crippen LogP contribution in [0.25, 0.3) is 0 Å². The maximum Gasteiger partial charge on any atom is 0.194 e. The number of nitrogens with zero attached hydrogens (tertiary/aromatic N) is 4. The number of rotatable bonds is 8. The van der Waals surface area contributed by atoms with Crippen molar-refractivity contribution in [3.8, 4) is 0 Å². The van der Waals surface area contributed by atoms with Gasteiger partial charge in [0.15, 0.2) is 5.96 Å². The van der Waals surface area contributed by atoms with Gasteiger partial charge in [-0.05, 0) is 31.9 Å². The van der Waals surface area contributed by atoms with Gasteiger partial charge < -0.3 is 24.6 Å². The van der Waals surface area contributed by atoms with Crippen LogP contribution >= 0.6 is 24.0 Å². The summed E-state index contributed by atoms with van der Waals surface area (Å²) in [4.78, 5) is 13.9. The van der Waals surface area contributed by atoms with E-state index in [0.29, 0.717) is 5.92 Å². The molecule has 0 saturated carbocycles. The van der Waals surface area contributed by atoms with Crippen molar-refractivity contribution in [3.05, 3.63) is 24.4 Å². The van der Waals surface area contributed by atoms with Crippen molar-refractivity contribution in [3.63, 3.8) is 0 Å². The molecular formula is C20H34IN5O2. The maximum absolute atomic E-state index is 5.77. The van der Waals surface area contributed by atoms with Gasteiger partial charge in [0.25, 0.3) is 0 Å². The van der Waals surface area contributed by atoms with Crippen LogP contribution < -0.4 is 10.2 Å². The first-order valence-corrected chi connectivity index (χ1v) is 10.2. The molecule has 1 aromatic heterocycles. The van der Waals surface area contributed by atoms with E-state index in [9.17, 15) is 0 Å². The quantitative estimate of drug-likeness (QED) is 0.254. The number of aliphatic imine (C=N–C) groups is 1. The number of aromatic nitrogens is 1. The highest BCUT2D eigenvalue weighted by atomic mass is 127. The SMILES string of the molecule is CCNC(=NCCCOCC1CCOC1)N1CCN(c2ccccn2)CC1.I. The number of guanidine groups is 1. The second-order valence-electron chi connectivity index (χ2n) is 7.06. The lowest BCUT2D eigenvalue weighted by molar-refractivity contribution is 0.0893. The standard InChI is InChI=1S/C20H33N5O2.HI/c1-2-21-20(23-9-5-14-26-16-18-7-15-27-17-18)25-12-10-24(11-13-25)19-6-3-4-8-22-19;/h3-4,6,8,18H,2,5,7,9-17H2,1H3,(H,21,23);1H. The van der Waals surface area contributed by atoms with Gasteiger partial charge >= 0.3 is 0 Å². The third-order valence-electron chi connectivity index (χ3n) is 4.97. The van der Waals surface area contributed by atoms with Crippen molar-refractivity contribution >= 4 is 35.8 Å². The molecule has 3 heterocycles. The molecule has 0 bridgehead atoms.